The zero-order valence-electron chi connectivity index (χ0n) is 74.9. The molecule has 26 nitrogen and oxygen atoms in total. The van der Waals surface area contributed by atoms with Crippen LogP contribution < -0.4 is 31.9 Å². The van der Waals surface area contributed by atoms with Crippen LogP contribution in [0.15, 0.2) is 67.6 Å². The Labute approximate surface area is 776 Å². The number of nitrogens with zero attached hydrogens (tertiary/aromatic N) is 6. The maximum absolute atomic E-state index is 13.5. The summed E-state index contributed by atoms with van der Waals surface area (Å²) in [7, 11) is 0. The molecule has 0 saturated heterocycles. The van der Waals surface area contributed by atoms with Gasteiger partial charge in [-0.25, -0.2) is 24.5 Å². The Morgan fingerprint density at radius 3 is 1.13 bits per heavy atom. The Kier molecular flexibility index (Phi) is 47.0. The average Bonchev–Trinajstić information content (AvgIpc) is 1.67. The van der Waals surface area contributed by atoms with Crippen LogP contribution in [-0.4, -0.2) is 180 Å². The summed E-state index contributed by atoms with van der Waals surface area (Å²) in [5.74, 6) is -0.423. The van der Waals surface area contributed by atoms with Gasteiger partial charge in [-0.1, -0.05) is 199 Å². The predicted molar refractivity (Wildman–Crippen MR) is 514 cm³/mol. The van der Waals surface area contributed by atoms with Crippen molar-refractivity contribution in [1.82, 2.24) is 46.9 Å². The lowest BCUT2D eigenvalue weighted by atomic mass is 9.89. The van der Waals surface area contributed by atoms with Crippen molar-refractivity contribution in [3.8, 4) is 0 Å². The smallest absolute Gasteiger partial charge is 0.329 e. The highest BCUT2D eigenvalue weighted by Gasteiger charge is 2.45. The van der Waals surface area contributed by atoms with E-state index in [2.05, 4.69) is 77.6 Å². The lowest BCUT2D eigenvalue weighted by molar-refractivity contribution is -0.154. The van der Waals surface area contributed by atoms with Gasteiger partial charge in [0.05, 0.1) is 38.5 Å². The summed E-state index contributed by atoms with van der Waals surface area (Å²) in [6.07, 6.45) is 32.3. The van der Waals surface area contributed by atoms with Gasteiger partial charge >= 0.3 is 11.9 Å². The molecule has 9 rings (SSSR count). The molecule has 9 atom stereocenters. The molecular weight excluding hydrogens is 1760 g/mol. The van der Waals surface area contributed by atoms with E-state index in [4.69, 9.17) is 14.5 Å². The van der Waals surface area contributed by atoms with Crippen LogP contribution in [0, 0.1) is 23.7 Å². The first-order valence-electron chi connectivity index (χ1n) is 44.5. The molecule has 0 radical (unpaired) electrons. The van der Waals surface area contributed by atoms with Gasteiger partial charge in [0.25, 0.3) is 0 Å². The van der Waals surface area contributed by atoms with Gasteiger partial charge in [-0.3, -0.25) is 62.9 Å². The highest BCUT2D eigenvalue weighted by atomic mass is 32.2. The molecule has 6 aliphatic heterocycles. The third kappa shape index (κ3) is 37.2. The number of hydrogen-bond donors (Lipinski definition) is 6. The van der Waals surface area contributed by atoms with Crippen molar-refractivity contribution in [2.24, 2.45) is 38.6 Å². The number of unbranched alkanes of at least 4 members (excludes halogenated alkanes) is 14. The number of Topliss-reactive ketones (excluding diaryl/α,β-unsaturated/α-hetero) is 1. The number of carbonyl (C=O) groups is 12. The second-order valence-electron chi connectivity index (χ2n) is 33.7. The second kappa shape index (κ2) is 55.6. The van der Waals surface area contributed by atoms with Crippen molar-refractivity contribution in [3.05, 3.63) is 84.7 Å². The van der Waals surface area contributed by atoms with E-state index in [1.807, 2.05) is 82.0 Å². The number of amides is 6. The standard InChI is InChI=1S/C31H46N4O5S3.C30H44N4O4S3.C29H42N4O5S3/c1-5-6-7-8-12-15-26(37)41-16-13-10-9-11-14-22-17-24(36)32-18-25-33-23(19-42-25)28-35-31(4,20-43-28)30(39)34-27(21(2)3)29(38)40-22;1-5-6-7-8-9-13-26(37)39-14-11-10-12-21-15-23(35)27(20(2)3)33-29(38)30(4)19-41-28(34-30)22-18-40-25(32-22)17-31-24(36)16-21;1-5-6-7-8-9-13-24(35)39-14-11-10-12-20-15-22(34)30-16-23-31-21(17-40-23)26-33-29(4,18-41-26)28(37)32-25(19(2)3)27(36)38-20/h11,14,19,21-22,27H,5-10,12-13,15-18,20H2,1-4H3,(H,32,36)(H,34,39);10,12,18,20-21,27H,5-9,11,13-17,19H2,1-4H3,(H,31,36)(H,33,38);10,12,17,19-20,25H,5-9,11,13-16,18H2,1-4H3,(H,30,34)(H,32,37)/b14-11+;2*12-10+/t22?,27-,31-;21?,27-,30-;20?,25-,29-/m000/s1. The minimum atomic E-state index is -1.04. The summed E-state index contributed by atoms with van der Waals surface area (Å²) in [5.41, 5.74) is -0.967. The molecule has 0 aliphatic carbocycles. The summed E-state index contributed by atoms with van der Waals surface area (Å²) in [6.45, 7) is 23.8. The average molecular weight is 1890 g/mol. The maximum atomic E-state index is 13.5. The molecule has 6 amide bonds. The predicted octanol–water partition coefficient (Wildman–Crippen LogP) is 16.5. The quantitative estimate of drug-likeness (QED) is 0.0181. The molecule has 125 heavy (non-hydrogen) atoms. The van der Waals surface area contributed by atoms with E-state index in [0.717, 1.165) is 78.6 Å². The fourth-order valence-corrected chi connectivity index (χ4v) is 21.7. The third-order valence-electron chi connectivity index (χ3n) is 21.2. The highest BCUT2D eigenvalue weighted by molar-refractivity contribution is 8.15. The molecule has 0 saturated carbocycles. The van der Waals surface area contributed by atoms with E-state index in [1.54, 1.807) is 32.9 Å². The first-order chi connectivity index (χ1) is 59.8. The minimum absolute atomic E-state index is 0.0396. The van der Waals surface area contributed by atoms with Crippen LogP contribution >= 0.6 is 105 Å². The molecule has 6 N–H and O–H groups in total. The fourth-order valence-electron chi connectivity index (χ4n) is 13.5. The molecule has 6 aliphatic rings. The van der Waals surface area contributed by atoms with Crippen molar-refractivity contribution in [2.45, 2.75) is 323 Å². The van der Waals surface area contributed by atoms with Crippen LogP contribution in [-0.2, 0) is 86.6 Å². The number of thiazole rings is 3. The minimum Gasteiger partial charge on any atom is -0.456 e. The number of ketones is 1. The van der Waals surface area contributed by atoms with Gasteiger partial charge in [0, 0.05) is 82.8 Å². The normalized spacial score (nSPS) is 23.7. The van der Waals surface area contributed by atoms with E-state index in [0.29, 0.717) is 99.6 Å². The van der Waals surface area contributed by atoms with Crippen molar-refractivity contribution in [1.29, 1.82) is 0 Å². The van der Waals surface area contributed by atoms with Crippen LogP contribution in [0.3, 0.4) is 0 Å². The molecule has 9 heterocycles. The van der Waals surface area contributed by atoms with Crippen LogP contribution in [0.2, 0.25) is 0 Å². The van der Waals surface area contributed by atoms with E-state index in [9.17, 15) is 57.5 Å². The SMILES string of the molecule is CCCCCCCC(=O)SCC/C=C/C1CC(=O)NCc2nc(cs2)C2=N[C@@](C)(CS2)C(=O)N[C@@H](C(C)C)C(=O)C1.CCCCCCCC(=O)SCC/C=C/C1CC(=O)NCc2nc(cs2)C2=N[C@@](C)(CS2)C(=O)N[C@@H](C(C)C)C(=O)O1.CCCCCCCC(=O)SCCCC/C=C/C1CC(=O)NCc2nc(cs2)C2=N[C@@](C)(CS2)C(=O)N[C@@H](C(C)C)C(=O)O1. The molecule has 35 heteroatoms. The Morgan fingerprint density at radius 2 is 0.760 bits per heavy atom. The van der Waals surface area contributed by atoms with Gasteiger partial charge in [-0.15, -0.1) is 69.3 Å². The molecule has 3 aromatic heterocycles. The Balaban J connectivity index is 0.000000258. The van der Waals surface area contributed by atoms with E-state index < -0.39 is 58.9 Å². The molecule has 0 spiro atoms. The van der Waals surface area contributed by atoms with Gasteiger partial charge < -0.3 is 41.4 Å². The Hall–Kier alpha value is -6.34. The number of rotatable bonds is 35. The lowest BCUT2D eigenvalue weighted by Crippen LogP contribution is -2.53. The van der Waals surface area contributed by atoms with Gasteiger partial charge in [-0.05, 0) is 108 Å². The van der Waals surface area contributed by atoms with Crippen LogP contribution in [0.25, 0.3) is 0 Å². The number of fused-ring (bicyclic) bond motifs is 12. The molecule has 3 aromatic rings. The Morgan fingerprint density at radius 1 is 0.424 bits per heavy atom. The summed E-state index contributed by atoms with van der Waals surface area (Å²) < 4.78 is 11.6. The number of aliphatic imine (C=N–C) groups is 3. The second-order valence-corrected chi connectivity index (χ2v) is 42.9. The summed E-state index contributed by atoms with van der Waals surface area (Å²) in [6, 6.07) is -2.45. The Bertz CT molecular complexity index is 4100. The number of ether oxygens (including phenoxy) is 2. The summed E-state index contributed by atoms with van der Waals surface area (Å²) in [5, 5.41) is 28.0. The molecule has 0 aromatic carbocycles. The third-order valence-corrected chi connectivity index (χ3v) is 30.6. The van der Waals surface area contributed by atoms with Gasteiger partial charge in [0.15, 0.2) is 21.1 Å². The van der Waals surface area contributed by atoms with Crippen LogP contribution in [0.4, 0.5) is 0 Å². The number of allylic oxidation sites excluding steroid dienone is 4. The first kappa shape index (κ1) is 106. The molecule has 3 unspecified atom stereocenters. The summed E-state index contributed by atoms with van der Waals surface area (Å²) in [4.78, 5) is 183. The zero-order valence-corrected chi connectivity index (χ0v) is 82.3. The molecular formula is C90H132N12O14S9. The topological polar surface area (TPSA) is 371 Å². The first-order valence-corrected chi connectivity index (χ1v) is 53.0. The molecule has 12 bridgehead atoms. The largest absolute Gasteiger partial charge is 0.456 e. The van der Waals surface area contributed by atoms with E-state index in [-0.39, 0.29) is 119 Å². The monoisotopic (exact) mass is 1890 g/mol. The van der Waals surface area contributed by atoms with Gasteiger partial charge in [0.2, 0.25) is 35.4 Å². The summed E-state index contributed by atoms with van der Waals surface area (Å²) >= 11 is 12.8. The number of carbonyl (C=O) groups excluding carboxylic acids is 12. The van der Waals surface area contributed by atoms with Crippen molar-refractivity contribution in [2.75, 3.05) is 34.5 Å². The van der Waals surface area contributed by atoms with Crippen LogP contribution in [0.5, 0.6) is 0 Å². The molecule has 690 valence electrons. The number of cyclic esters (lactones) is 2. The zero-order chi connectivity index (χ0) is 90.9. The van der Waals surface area contributed by atoms with Crippen LogP contribution in [0.1, 0.15) is 289 Å². The lowest BCUT2D eigenvalue weighted by Gasteiger charge is -2.27. The number of aromatic nitrogens is 3. The van der Waals surface area contributed by atoms with Gasteiger partial charge in [-0.2, -0.15) is 0 Å². The highest BCUT2D eigenvalue weighted by Crippen LogP contribution is 2.36. The number of hydrogen-bond acceptors (Lipinski definition) is 29. The van der Waals surface area contributed by atoms with Crippen molar-refractivity contribution >= 4 is 188 Å². The number of nitrogens with one attached hydrogen (secondary N) is 6. The fraction of sp³-hybridized carbons (Fsp3) is 0.667. The van der Waals surface area contributed by atoms with E-state index >= 15 is 0 Å². The van der Waals surface area contributed by atoms with E-state index in [1.165, 1.54) is 162 Å². The number of esters is 2. The number of thioether (sulfide) groups is 6. The van der Waals surface area contributed by atoms with Gasteiger partial charge in [0.1, 0.15) is 88.1 Å². The van der Waals surface area contributed by atoms with Crippen molar-refractivity contribution in [3.63, 3.8) is 0 Å². The van der Waals surface area contributed by atoms with Crippen molar-refractivity contribution < 1.29 is 67.0 Å². The molecule has 0 fully saturated rings. The maximum Gasteiger partial charge on any atom is 0.329 e.